The molecule has 0 radical (unpaired) electrons. The van der Waals surface area contributed by atoms with Gasteiger partial charge in [-0.15, -0.1) is 0 Å². The molecule has 0 saturated heterocycles. The van der Waals surface area contributed by atoms with Crippen molar-refractivity contribution in [3.8, 4) is 11.1 Å². The Balaban J connectivity index is 1.07. The molecule has 214 valence electrons. The van der Waals surface area contributed by atoms with E-state index in [2.05, 4.69) is 48.5 Å². The van der Waals surface area contributed by atoms with Gasteiger partial charge in [0, 0.05) is 0 Å². The van der Waals surface area contributed by atoms with Crippen molar-refractivity contribution in [2.24, 2.45) is 47.3 Å². The van der Waals surface area contributed by atoms with Crippen molar-refractivity contribution in [3.05, 3.63) is 59.7 Å². The predicted molar refractivity (Wildman–Crippen MR) is 161 cm³/mol. The lowest BCUT2D eigenvalue weighted by Crippen LogP contribution is -2.39. The Morgan fingerprint density at radius 2 is 0.625 bits per heavy atom. The Hall–Kier alpha value is -1.64. The van der Waals surface area contributed by atoms with Gasteiger partial charge in [0.2, 0.25) is 0 Å². The summed E-state index contributed by atoms with van der Waals surface area (Å²) in [6.07, 6.45) is 20.6. The average Bonchev–Trinajstić information content (AvgIpc) is 3.45. The van der Waals surface area contributed by atoms with E-state index in [0.29, 0.717) is 23.7 Å². The SMILES string of the molecule is OC1(c2ccc(-c3ccc(C4(O)C5CCCCC5C5CCCCC54)cc3)cc2)C2CCCCC2C2CCCCC21. The molecule has 40 heavy (non-hydrogen) atoms. The van der Waals surface area contributed by atoms with Crippen LogP contribution >= 0.6 is 0 Å². The first kappa shape index (κ1) is 26.0. The summed E-state index contributed by atoms with van der Waals surface area (Å²) in [6, 6.07) is 18.1. The molecule has 2 nitrogen and oxygen atoms in total. The van der Waals surface area contributed by atoms with Crippen molar-refractivity contribution < 1.29 is 10.2 Å². The number of hydrogen-bond donors (Lipinski definition) is 2. The second-order valence-electron chi connectivity index (χ2n) is 15.0. The van der Waals surface area contributed by atoms with Gasteiger partial charge in [-0.1, -0.05) is 99.9 Å². The smallest absolute Gasteiger partial charge is 0.0958 e. The van der Waals surface area contributed by atoms with Crippen LogP contribution in [0, 0.1) is 47.3 Å². The Morgan fingerprint density at radius 1 is 0.375 bits per heavy atom. The fourth-order valence-corrected chi connectivity index (χ4v) is 12.1. The molecule has 8 atom stereocenters. The van der Waals surface area contributed by atoms with Gasteiger partial charge in [-0.2, -0.15) is 0 Å². The third-order valence-corrected chi connectivity index (χ3v) is 13.7. The van der Waals surface area contributed by atoms with Gasteiger partial charge in [-0.3, -0.25) is 0 Å². The zero-order valence-electron chi connectivity index (χ0n) is 24.4. The summed E-state index contributed by atoms with van der Waals surface area (Å²) in [4.78, 5) is 0. The van der Waals surface area contributed by atoms with Gasteiger partial charge in [-0.05, 0) is 121 Å². The second-order valence-corrected chi connectivity index (χ2v) is 15.0. The van der Waals surface area contributed by atoms with Gasteiger partial charge in [0.25, 0.3) is 0 Å². The molecule has 0 heterocycles. The summed E-state index contributed by atoms with van der Waals surface area (Å²) in [6.45, 7) is 0. The number of hydrogen-bond acceptors (Lipinski definition) is 2. The van der Waals surface area contributed by atoms with Crippen LogP contribution in [0.1, 0.15) is 114 Å². The van der Waals surface area contributed by atoms with Gasteiger partial charge in [0.1, 0.15) is 0 Å². The summed E-state index contributed by atoms with van der Waals surface area (Å²) >= 11 is 0. The van der Waals surface area contributed by atoms with E-state index < -0.39 is 11.2 Å². The number of benzene rings is 2. The highest BCUT2D eigenvalue weighted by atomic mass is 16.3. The van der Waals surface area contributed by atoms with Crippen LogP contribution in [0.4, 0.5) is 0 Å². The molecule has 6 aliphatic carbocycles. The van der Waals surface area contributed by atoms with Gasteiger partial charge in [0.15, 0.2) is 0 Å². The Bertz CT molecular complexity index is 1060. The van der Waals surface area contributed by atoms with E-state index in [0.717, 1.165) is 23.7 Å². The highest BCUT2D eigenvalue weighted by Gasteiger charge is 2.61. The first-order valence-electron chi connectivity index (χ1n) is 17.3. The monoisotopic (exact) mass is 538 g/mol. The third-order valence-electron chi connectivity index (χ3n) is 13.7. The van der Waals surface area contributed by atoms with Crippen LogP contribution in [0.15, 0.2) is 48.5 Å². The molecule has 6 aliphatic rings. The van der Waals surface area contributed by atoms with E-state index in [1.54, 1.807) is 0 Å². The van der Waals surface area contributed by atoms with Crippen molar-refractivity contribution in [1.29, 1.82) is 0 Å². The average molecular weight is 539 g/mol. The Labute approximate surface area is 242 Å². The minimum absolute atomic E-state index is 0.443. The van der Waals surface area contributed by atoms with E-state index in [4.69, 9.17) is 0 Å². The van der Waals surface area contributed by atoms with Crippen molar-refractivity contribution in [2.45, 2.75) is 114 Å². The van der Waals surface area contributed by atoms with Gasteiger partial charge in [0.05, 0.1) is 11.2 Å². The van der Waals surface area contributed by atoms with Crippen LogP contribution < -0.4 is 0 Å². The number of aliphatic hydroxyl groups is 2. The lowest BCUT2D eigenvalue weighted by molar-refractivity contribution is -0.0653. The highest BCUT2D eigenvalue weighted by molar-refractivity contribution is 5.64. The molecule has 0 bridgehead atoms. The normalized spacial score (nSPS) is 44.4. The quantitative estimate of drug-likeness (QED) is 0.409. The van der Waals surface area contributed by atoms with E-state index >= 15 is 0 Å². The highest BCUT2D eigenvalue weighted by Crippen LogP contribution is 2.64. The van der Waals surface area contributed by atoms with Crippen molar-refractivity contribution in [1.82, 2.24) is 0 Å². The predicted octanol–water partition coefficient (Wildman–Crippen LogP) is 8.98. The first-order chi connectivity index (χ1) is 19.6. The molecular formula is C38H50O2. The van der Waals surface area contributed by atoms with E-state index in [-0.39, 0.29) is 0 Å². The fraction of sp³-hybridized carbons (Fsp3) is 0.684. The molecular weight excluding hydrogens is 488 g/mol. The third kappa shape index (κ3) is 3.73. The molecule has 0 aromatic heterocycles. The maximum absolute atomic E-state index is 12.5. The van der Waals surface area contributed by atoms with E-state index in [1.165, 1.54) is 125 Å². The minimum Gasteiger partial charge on any atom is -0.385 e. The lowest BCUT2D eigenvalue weighted by Gasteiger charge is -2.40. The van der Waals surface area contributed by atoms with Gasteiger partial charge in [-0.25, -0.2) is 0 Å². The second kappa shape index (κ2) is 9.98. The molecule has 0 aliphatic heterocycles. The van der Waals surface area contributed by atoms with Crippen molar-refractivity contribution in [2.75, 3.05) is 0 Å². The van der Waals surface area contributed by atoms with E-state index in [9.17, 15) is 10.2 Å². The number of fused-ring (bicyclic) bond motifs is 6. The molecule has 6 fully saturated rings. The summed E-state index contributed by atoms with van der Waals surface area (Å²) in [7, 11) is 0. The summed E-state index contributed by atoms with van der Waals surface area (Å²) < 4.78 is 0. The standard InChI is InChI=1S/C38H50O2/c39-37(33-13-5-1-9-29(33)30-10-2-6-14-34(30)37)27-21-17-25(18-22-27)26-19-23-28(24-20-26)38(40)35-15-7-3-11-31(35)32-12-4-8-16-36(32)38/h17-24,29-36,39-40H,1-16H2. The Kier molecular flexibility index (Phi) is 6.49. The molecule has 0 spiro atoms. The molecule has 2 heteroatoms. The molecule has 2 aromatic rings. The van der Waals surface area contributed by atoms with E-state index in [1.807, 2.05) is 0 Å². The van der Waals surface area contributed by atoms with Gasteiger partial charge >= 0.3 is 0 Å². The fourth-order valence-electron chi connectivity index (χ4n) is 12.1. The van der Waals surface area contributed by atoms with Crippen LogP contribution in [0.2, 0.25) is 0 Å². The minimum atomic E-state index is -0.641. The Morgan fingerprint density at radius 3 is 0.900 bits per heavy atom. The van der Waals surface area contributed by atoms with Crippen LogP contribution in [-0.4, -0.2) is 10.2 Å². The summed E-state index contributed by atoms with van der Waals surface area (Å²) in [5, 5.41) is 24.9. The topological polar surface area (TPSA) is 40.5 Å². The van der Waals surface area contributed by atoms with Crippen LogP contribution in [0.25, 0.3) is 11.1 Å². The number of rotatable bonds is 3. The molecule has 0 amide bonds. The zero-order chi connectivity index (χ0) is 26.9. The van der Waals surface area contributed by atoms with Crippen LogP contribution in [0.3, 0.4) is 0 Å². The first-order valence-corrected chi connectivity index (χ1v) is 17.3. The molecule has 2 aromatic carbocycles. The van der Waals surface area contributed by atoms with Crippen molar-refractivity contribution in [3.63, 3.8) is 0 Å². The van der Waals surface area contributed by atoms with Crippen molar-refractivity contribution >= 4 is 0 Å². The van der Waals surface area contributed by atoms with Gasteiger partial charge < -0.3 is 10.2 Å². The molecule has 8 unspecified atom stereocenters. The summed E-state index contributed by atoms with van der Waals surface area (Å²) in [5.74, 6) is 4.68. The molecule has 8 rings (SSSR count). The molecule has 2 N–H and O–H groups in total. The lowest BCUT2D eigenvalue weighted by atomic mass is 9.70. The molecule has 6 saturated carbocycles. The largest absolute Gasteiger partial charge is 0.385 e. The zero-order valence-corrected chi connectivity index (χ0v) is 24.4. The van der Waals surface area contributed by atoms with Crippen LogP contribution in [0.5, 0.6) is 0 Å². The summed E-state index contributed by atoms with van der Waals surface area (Å²) in [5.41, 5.74) is 3.51. The maximum atomic E-state index is 12.5. The maximum Gasteiger partial charge on any atom is 0.0958 e. The van der Waals surface area contributed by atoms with Crippen LogP contribution in [-0.2, 0) is 11.2 Å².